The Morgan fingerprint density at radius 2 is 2.06 bits per heavy atom. The van der Waals surface area contributed by atoms with E-state index in [9.17, 15) is 9.59 Å². The van der Waals surface area contributed by atoms with Gasteiger partial charge in [0.25, 0.3) is 0 Å². The van der Waals surface area contributed by atoms with Gasteiger partial charge in [0.05, 0.1) is 0 Å². The van der Waals surface area contributed by atoms with Crippen molar-refractivity contribution in [3.63, 3.8) is 0 Å². The Kier molecular flexibility index (Phi) is 3.41. The molecule has 0 bridgehead atoms. The lowest BCUT2D eigenvalue weighted by Crippen LogP contribution is -2.43. The van der Waals surface area contributed by atoms with Gasteiger partial charge in [-0.25, -0.2) is 4.79 Å². The second-order valence-corrected chi connectivity index (χ2v) is 5.16. The van der Waals surface area contributed by atoms with Crippen molar-refractivity contribution in [2.75, 3.05) is 0 Å². The summed E-state index contributed by atoms with van der Waals surface area (Å²) in [4.78, 5) is 24.7. The van der Waals surface area contributed by atoms with E-state index in [2.05, 4.69) is 0 Å². The van der Waals surface area contributed by atoms with Gasteiger partial charge >= 0.3 is 6.09 Å². The van der Waals surface area contributed by atoms with Gasteiger partial charge in [-0.1, -0.05) is 0 Å². The smallest absolute Gasteiger partial charge is 0.414 e. The average molecular weight is 225 g/mol. The van der Waals surface area contributed by atoms with Crippen molar-refractivity contribution in [1.29, 1.82) is 0 Å². The monoisotopic (exact) mass is 225 g/mol. The fourth-order valence-electron chi connectivity index (χ4n) is 1.73. The van der Waals surface area contributed by atoms with Gasteiger partial charge in [-0.2, -0.15) is 0 Å². The first-order valence-electron chi connectivity index (χ1n) is 5.44. The van der Waals surface area contributed by atoms with Crippen LogP contribution in [0.5, 0.6) is 0 Å². The highest BCUT2D eigenvalue weighted by Gasteiger charge is 2.31. The molecule has 1 amide bonds. The molecule has 1 rings (SSSR count). The van der Waals surface area contributed by atoms with Gasteiger partial charge < -0.3 is 4.74 Å². The van der Waals surface area contributed by atoms with E-state index in [4.69, 9.17) is 4.74 Å². The van der Waals surface area contributed by atoms with Crippen molar-refractivity contribution in [3.05, 3.63) is 11.8 Å². The zero-order chi connectivity index (χ0) is 12.5. The largest absolute Gasteiger partial charge is 0.443 e. The van der Waals surface area contributed by atoms with Crippen LogP contribution in [0.2, 0.25) is 0 Å². The summed E-state index contributed by atoms with van der Waals surface area (Å²) in [5.41, 5.74) is 0.136. The van der Waals surface area contributed by atoms with Gasteiger partial charge in [0, 0.05) is 24.2 Å². The van der Waals surface area contributed by atoms with Crippen LogP contribution in [0.15, 0.2) is 11.8 Å². The number of amides is 1. The number of carbonyl (C=O) groups excluding carboxylic acids is 2. The molecule has 1 aliphatic rings. The third kappa shape index (κ3) is 3.08. The first-order valence-corrected chi connectivity index (χ1v) is 5.44. The number of allylic oxidation sites excluding steroid dienone is 2. The van der Waals surface area contributed by atoms with E-state index in [1.54, 1.807) is 6.92 Å². The van der Waals surface area contributed by atoms with E-state index < -0.39 is 5.60 Å². The minimum atomic E-state index is -0.515. The van der Waals surface area contributed by atoms with E-state index in [0.717, 1.165) is 0 Å². The Bertz CT molecular complexity index is 339. The molecular weight excluding hydrogens is 206 g/mol. The number of rotatable bonds is 0. The van der Waals surface area contributed by atoms with Crippen molar-refractivity contribution in [2.45, 2.75) is 52.7 Å². The topological polar surface area (TPSA) is 46.6 Å². The Morgan fingerprint density at radius 3 is 2.50 bits per heavy atom. The average Bonchev–Trinajstić information content (AvgIpc) is 1.96. The molecule has 0 N–H and O–H groups in total. The maximum absolute atomic E-state index is 11.9. The molecule has 1 heterocycles. The van der Waals surface area contributed by atoms with Crippen molar-refractivity contribution in [2.24, 2.45) is 0 Å². The fraction of sp³-hybridized carbons (Fsp3) is 0.667. The SMILES string of the molecule is CC1=CC(=O)CC(C)N1C(=O)OC(C)(C)C. The van der Waals surface area contributed by atoms with Crippen LogP contribution < -0.4 is 0 Å². The zero-order valence-corrected chi connectivity index (χ0v) is 10.5. The summed E-state index contributed by atoms with van der Waals surface area (Å²) in [6, 6.07) is -0.132. The number of hydrogen-bond acceptors (Lipinski definition) is 3. The van der Waals surface area contributed by atoms with Gasteiger partial charge in [-0.05, 0) is 34.6 Å². The van der Waals surface area contributed by atoms with Crippen LogP contribution in [0.1, 0.15) is 41.0 Å². The maximum Gasteiger partial charge on any atom is 0.414 e. The molecule has 0 spiro atoms. The summed E-state index contributed by atoms with van der Waals surface area (Å²) in [5.74, 6) is 0.0600. The minimum absolute atomic E-state index is 0.0600. The second-order valence-electron chi connectivity index (χ2n) is 5.16. The fourth-order valence-corrected chi connectivity index (χ4v) is 1.73. The quantitative estimate of drug-likeness (QED) is 0.636. The molecule has 4 heteroatoms. The van der Waals surface area contributed by atoms with E-state index in [0.29, 0.717) is 12.1 Å². The Labute approximate surface area is 96.3 Å². The van der Waals surface area contributed by atoms with E-state index in [-0.39, 0.29) is 17.9 Å². The molecule has 16 heavy (non-hydrogen) atoms. The van der Waals surface area contributed by atoms with Gasteiger partial charge in [0.1, 0.15) is 5.60 Å². The lowest BCUT2D eigenvalue weighted by molar-refractivity contribution is -0.116. The summed E-state index contributed by atoms with van der Waals surface area (Å²) < 4.78 is 5.29. The van der Waals surface area contributed by atoms with Gasteiger partial charge in [0.2, 0.25) is 0 Å². The lowest BCUT2D eigenvalue weighted by atomic mass is 10.0. The summed E-state index contributed by atoms with van der Waals surface area (Å²) in [7, 11) is 0. The van der Waals surface area contributed by atoms with Crippen LogP contribution in [0, 0.1) is 0 Å². The molecule has 0 radical (unpaired) electrons. The molecule has 0 saturated heterocycles. The van der Waals surface area contributed by atoms with Crippen LogP contribution in [0.3, 0.4) is 0 Å². The number of nitrogens with zero attached hydrogens (tertiary/aromatic N) is 1. The van der Waals surface area contributed by atoms with Gasteiger partial charge in [-0.3, -0.25) is 9.69 Å². The number of hydrogen-bond donors (Lipinski definition) is 0. The number of ketones is 1. The van der Waals surface area contributed by atoms with E-state index >= 15 is 0 Å². The summed E-state index contributed by atoms with van der Waals surface area (Å²) in [6.07, 6.45) is 1.46. The lowest BCUT2D eigenvalue weighted by Gasteiger charge is -2.34. The van der Waals surface area contributed by atoms with Crippen molar-refractivity contribution >= 4 is 11.9 Å². The predicted molar refractivity (Wildman–Crippen MR) is 60.9 cm³/mol. The molecule has 0 fully saturated rings. The standard InChI is InChI=1S/C12H19NO3/c1-8-6-10(14)7-9(2)13(8)11(15)16-12(3,4)5/h6,9H,7H2,1-5H3. The predicted octanol–water partition coefficient (Wildman–Crippen LogP) is 2.49. The van der Waals surface area contributed by atoms with Gasteiger partial charge in [-0.15, -0.1) is 0 Å². The molecule has 0 aliphatic carbocycles. The molecule has 1 atom stereocenters. The Morgan fingerprint density at radius 1 is 1.50 bits per heavy atom. The number of carbonyl (C=O) groups is 2. The molecular formula is C12H19NO3. The van der Waals surface area contributed by atoms with Crippen molar-refractivity contribution < 1.29 is 14.3 Å². The summed E-state index contributed by atoms with van der Waals surface area (Å²) >= 11 is 0. The molecule has 0 aromatic rings. The minimum Gasteiger partial charge on any atom is -0.443 e. The zero-order valence-electron chi connectivity index (χ0n) is 10.5. The van der Waals surface area contributed by atoms with Gasteiger partial charge in [0.15, 0.2) is 5.78 Å². The highest BCUT2D eigenvalue weighted by molar-refractivity contribution is 5.93. The molecule has 0 aromatic heterocycles. The van der Waals surface area contributed by atoms with Crippen LogP contribution >= 0.6 is 0 Å². The molecule has 4 nitrogen and oxygen atoms in total. The Balaban J connectivity index is 2.83. The highest BCUT2D eigenvalue weighted by Crippen LogP contribution is 2.21. The molecule has 0 aromatic carbocycles. The summed E-state index contributed by atoms with van der Waals surface area (Å²) in [5, 5.41) is 0. The van der Waals surface area contributed by atoms with E-state index in [1.807, 2.05) is 27.7 Å². The molecule has 1 aliphatic heterocycles. The second kappa shape index (κ2) is 4.28. The third-order valence-electron chi connectivity index (χ3n) is 2.28. The Hall–Kier alpha value is -1.32. The summed E-state index contributed by atoms with van der Waals surface area (Å²) in [6.45, 7) is 9.06. The molecule has 90 valence electrons. The molecule has 1 unspecified atom stereocenters. The highest BCUT2D eigenvalue weighted by atomic mass is 16.6. The first-order chi connectivity index (χ1) is 7.20. The first kappa shape index (κ1) is 12.7. The van der Waals surface area contributed by atoms with Crippen LogP contribution in [0.25, 0.3) is 0 Å². The van der Waals surface area contributed by atoms with Crippen LogP contribution in [-0.4, -0.2) is 28.4 Å². The van der Waals surface area contributed by atoms with Crippen LogP contribution in [0.4, 0.5) is 4.79 Å². The van der Waals surface area contributed by atoms with Crippen LogP contribution in [-0.2, 0) is 9.53 Å². The maximum atomic E-state index is 11.9. The number of ether oxygens (including phenoxy) is 1. The normalized spacial score (nSPS) is 21.8. The third-order valence-corrected chi connectivity index (χ3v) is 2.28. The van der Waals surface area contributed by atoms with Crippen molar-refractivity contribution in [3.8, 4) is 0 Å². The van der Waals surface area contributed by atoms with E-state index in [1.165, 1.54) is 11.0 Å². The van der Waals surface area contributed by atoms with Crippen molar-refractivity contribution in [1.82, 2.24) is 4.90 Å². The molecule has 0 saturated carbocycles.